The van der Waals surface area contributed by atoms with Gasteiger partial charge >= 0.3 is 5.69 Å². The van der Waals surface area contributed by atoms with E-state index in [1.807, 2.05) is 4.90 Å². The molecule has 0 radical (unpaired) electrons. The number of pyridine rings is 1. The lowest BCUT2D eigenvalue weighted by atomic mass is 9.97. The molecule has 0 bridgehead atoms. The number of aromatic nitrogens is 3. The molecule has 4 aromatic rings. The fourth-order valence-corrected chi connectivity index (χ4v) is 4.95. The topological polar surface area (TPSA) is 118 Å². The second kappa shape index (κ2) is 10.5. The van der Waals surface area contributed by atoms with E-state index in [2.05, 4.69) is 10.3 Å². The highest BCUT2D eigenvalue weighted by Gasteiger charge is 2.23. The van der Waals surface area contributed by atoms with Crippen molar-refractivity contribution in [2.24, 2.45) is 12.8 Å². The predicted molar refractivity (Wildman–Crippen MR) is 150 cm³/mol. The molecule has 11 heteroatoms. The van der Waals surface area contributed by atoms with Gasteiger partial charge < -0.3 is 25.6 Å². The highest BCUT2D eigenvalue weighted by Crippen LogP contribution is 2.41. The summed E-state index contributed by atoms with van der Waals surface area (Å²) in [5.74, 6) is -0.100. The van der Waals surface area contributed by atoms with E-state index in [0.29, 0.717) is 41.5 Å². The Morgan fingerprint density at radius 1 is 1.18 bits per heavy atom. The largest absolute Gasteiger partial charge is 0.507 e. The van der Waals surface area contributed by atoms with Crippen molar-refractivity contribution in [1.82, 2.24) is 14.1 Å². The van der Waals surface area contributed by atoms with E-state index < -0.39 is 5.82 Å². The third-order valence-corrected chi connectivity index (χ3v) is 7.10. The zero-order valence-electron chi connectivity index (χ0n) is 21.5. The number of nitrogens with two attached hydrogens (primary N) is 1. The van der Waals surface area contributed by atoms with Crippen molar-refractivity contribution in [1.29, 1.82) is 0 Å². The first kappa shape index (κ1) is 26.5. The van der Waals surface area contributed by atoms with Crippen molar-refractivity contribution in [2.45, 2.75) is 25.8 Å². The Labute approximate surface area is 229 Å². The zero-order chi connectivity index (χ0) is 27.8. The van der Waals surface area contributed by atoms with Crippen molar-refractivity contribution in [3.8, 4) is 33.7 Å². The summed E-state index contributed by atoms with van der Waals surface area (Å²) in [5.41, 5.74) is 7.67. The molecule has 2 aromatic heterocycles. The number of nitrogens with zero attached hydrogens (tertiary/aromatic N) is 4. The van der Waals surface area contributed by atoms with Gasteiger partial charge in [0.05, 0.1) is 10.7 Å². The molecule has 1 aliphatic rings. The fraction of sp³-hybridized carbons (Fsp3) is 0.250. The molecule has 39 heavy (non-hydrogen) atoms. The Balaban J connectivity index is 1.60. The number of phenols is 1. The summed E-state index contributed by atoms with van der Waals surface area (Å²) in [6.45, 7) is 3.01. The van der Waals surface area contributed by atoms with E-state index >= 15 is 0 Å². The van der Waals surface area contributed by atoms with Gasteiger partial charge in [-0.2, -0.15) is 0 Å². The van der Waals surface area contributed by atoms with Crippen LogP contribution in [0, 0.1) is 5.82 Å². The number of rotatable bonds is 6. The molecule has 5 rings (SSSR count). The smallest absolute Gasteiger partial charge is 0.332 e. The van der Waals surface area contributed by atoms with Crippen molar-refractivity contribution in [3.63, 3.8) is 0 Å². The molecule has 1 saturated heterocycles. The average Bonchev–Trinajstić information content (AvgIpc) is 3.49. The van der Waals surface area contributed by atoms with E-state index in [-0.39, 0.29) is 46.0 Å². The molecule has 0 spiro atoms. The van der Waals surface area contributed by atoms with Crippen LogP contribution in [0.2, 0.25) is 5.02 Å². The van der Waals surface area contributed by atoms with Gasteiger partial charge in [-0.25, -0.2) is 14.2 Å². The number of carbonyl (C=O) groups is 1. The standard InChI is InChI=1S/C28H28ClFN6O3/c1-3-26(37)33-24-11-17(12-25(32-24)35-7-6-19(31)15-35)21-14-18(30)13-20(27(21)38)16-4-5-23(22(29)10-16)36-9-8-34(2)28(36)39/h4-5,8-14,19,38H,3,6-7,15,31H2,1-2H3,(H,32,33,37). The molecule has 9 nitrogen and oxygen atoms in total. The van der Waals surface area contributed by atoms with Crippen LogP contribution >= 0.6 is 11.6 Å². The predicted octanol–water partition coefficient (Wildman–Crippen LogP) is 4.29. The Morgan fingerprint density at radius 3 is 2.54 bits per heavy atom. The maximum absolute atomic E-state index is 15.0. The van der Waals surface area contributed by atoms with Crippen LogP contribution in [0.25, 0.3) is 27.9 Å². The van der Waals surface area contributed by atoms with Crippen LogP contribution in [0.15, 0.2) is 59.7 Å². The lowest BCUT2D eigenvalue weighted by molar-refractivity contribution is -0.115. The maximum Gasteiger partial charge on any atom is 0.332 e. The van der Waals surface area contributed by atoms with Gasteiger partial charge in [0.2, 0.25) is 5.91 Å². The summed E-state index contributed by atoms with van der Waals surface area (Å²) < 4.78 is 17.8. The number of benzene rings is 2. The molecule has 3 heterocycles. The van der Waals surface area contributed by atoms with Gasteiger partial charge in [0, 0.05) is 56.1 Å². The van der Waals surface area contributed by atoms with E-state index in [9.17, 15) is 19.1 Å². The molecule has 1 unspecified atom stereocenters. The van der Waals surface area contributed by atoms with Gasteiger partial charge in [-0.05, 0) is 53.9 Å². The zero-order valence-corrected chi connectivity index (χ0v) is 22.2. The van der Waals surface area contributed by atoms with E-state index in [4.69, 9.17) is 17.3 Å². The van der Waals surface area contributed by atoms with Crippen LogP contribution in [-0.2, 0) is 11.8 Å². The number of aryl methyl sites for hydroxylation is 1. The molecule has 1 atom stereocenters. The summed E-state index contributed by atoms with van der Waals surface area (Å²) >= 11 is 6.52. The van der Waals surface area contributed by atoms with Crippen LogP contribution in [0.1, 0.15) is 19.8 Å². The summed E-state index contributed by atoms with van der Waals surface area (Å²) in [4.78, 5) is 31.1. The minimum absolute atomic E-state index is 0.00206. The third-order valence-electron chi connectivity index (χ3n) is 6.80. The summed E-state index contributed by atoms with van der Waals surface area (Å²) in [6, 6.07) is 10.7. The Morgan fingerprint density at radius 2 is 1.92 bits per heavy atom. The van der Waals surface area contributed by atoms with E-state index in [1.54, 1.807) is 56.7 Å². The number of halogens is 2. The number of aromatic hydroxyl groups is 1. The summed E-state index contributed by atoms with van der Waals surface area (Å²) in [7, 11) is 1.63. The van der Waals surface area contributed by atoms with Crippen molar-refractivity contribution < 1.29 is 14.3 Å². The molecular formula is C28H28ClFN6O3. The molecule has 1 fully saturated rings. The van der Waals surface area contributed by atoms with Crippen molar-refractivity contribution in [3.05, 3.63) is 76.2 Å². The highest BCUT2D eigenvalue weighted by molar-refractivity contribution is 6.32. The third kappa shape index (κ3) is 5.25. The molecule has 2 aromatic carbocycles. The molecule has 202 valence electrons. The first-order valence-corrected chi connectivity index (χ1v) is 12.9. The second-order valence-electron chi connectivity index (χ2n) is 9.57. The van der Waals surface area contributed by atoms with Crippen molar-refractivity contribution in [2.75, 3.05) is 23.3 Å². The number of carbonyl (C=O) groups excluding carboxylic acids is 1. The number of amides is 1. The van der Waals surface area contributed by atoms with E-state index in [1.165, 1.54) is 21.3 Å². The van der Waals surface area contributed by atoms with Crippen LogP contribution in [-0.4, -0.2) is 44.3 Å². The number of phenolic OH excluding ortho intramolecular Hbond substituents is 1. The Bertz CT molecular complexity index is 1630. The molecular weight excluding hydrogens is 523 g/mol. The van der Waals surface area contributed by atoms with Gasteiger partial charge in [0.15, 0.2) is 0 Å². The van der Waals surface area contributed by atoms with Gasteiger partial charge in [-0.15, -0.1) is 0 Å². The molecule has 1 amide bonds. The Hall–Kier alpha value is -4.15. The number of imidazole rings is 1. The first-order chi connectivity index (χ1) is 18.6. The van der Waals surface area contributed by atoms with Gasteiger partial charge in [-0.1, -0.05) is 24.6 Å². The quantitative estimate of drug-likeness (QED) is 0.329. The SMILES string of the molecule is CCC(=O)Nc1cc(-c2cc(F)cc(-c3ccc(-n4ccn(C)c4=O)c(Cl)c3)c2O)cc(N2CCC(N)C2)n1. The second-order valence-corrected chi connectivity index (χ2v) is 9.98. The lowest BCUT2D eigenvalue weighted by Gasteiger charge is -2.20. The number of anilines is 2. The van der Waals surface area contributed by atoms with Crippen LogP contribution in [0.4, 0.5) is 16.0 Å². The van der Waals surface area contributed by atoms with Crippen LogP contribution in [0.5, 0.6) is 5.75 Å². The minimum Gasteiger partial charge on any atom is -0.507 e. The van der Waals surface area contributed by atoms with Gasteiger partial charge in [0.25, 0.3) is 0 Å². The monoisotopic (exact) mass is 550 g/mol. The van der Waals surface area contributed by atoms with Gasteiger partial charge in [-0.3, -0.25) is 9.36 Å². The molecule has 0 aliphatic carbocycles. The fourth-order valence-electron chi connectivity index (χ4n) is 4.68. The summed E-state index contributed by atoms with van der Waals surface area (Å²) in [5, 5.41) is 14.4. The average molecular weight is 551 g/mol. The number of hydrogen-bond donors (Lipinski definition) is 3. The highest BCUT2D eigenvalue weighted by atomic mass is 35.5. The molecule has 4 N–H and O–H groups in total. The first-order valence-electron chi connectivity index (χ1n) is 12.5. The number of nitrogens with one attached hydrogen (secondary N) is 1. The van der Waals surface area contributed by atoms with Crippen LogP contribution < -0.4 is 21.6 Å². The normalized spacial score (nSPS) is 15.1. The van der Waals surface area contributed by atoms with Gasteiger partial charge in [0.1, 0.15) is 23.2 Å². The number of hydrogen-bond acceptors (Lipinski definition) is 6. The lowest BCUT2D eigenvalue weighted by Crippen LogP contribution is -2.27. The van der Waals surface area contributed by atoms with Crippen molar-refractivity contribution >= 4 is 29.1 Å². The summed E-state index contributed by atoms with van der Waals surface area (Å²) in [6.07, 6.45) is 4.28. The Kier molecular flexibility index (Phi) is 7.16. The molecule has 1 aliphatic heterocycles. The van der Waals surface area contributed by atoms with E-state index in [0.717, 1.165) is 6.42 Å². The molecule has 0 saturated carbocycles. The minimum atomic E-state index is -0.571. The van der Waals surface area contributed by atoms with Crippen LogP contribution in [0.3, 0.4) is 0 Å². The maximum atomic E-state index is 15.0.